The van der Waals surface area contributed by atoms with Crippen molar-refractivity contribution in [2.45, 2.75) is 13.8 Å². The van der Waals surface area contributed by atoms with E-state index in [1.165, 1.54) is 6.20 Å². The third-order valence-electron chi connectivity index (χ3n) is 2.00. The molecule has 100 valence electrons. The van der Waals surface area contributed by atoms with Crippen LogP contribution in [0.15, 0.2) is 30.5 Å². The molecule has 0 saturated heterocycles. The highest BCUT2D eigenvalue weighted by atomic mass is 35.5. The van der Waals surface area contributed by atoms with Crippen molar-refractivity contribution >= 4 is 25.4 Å². The zero-order chi connectivity index (χ0) is 13.4. The van der Waals surface area contributed by atoms with Crippen LogP contribution in [0.4, 0.5) is 0 Å². The Labute approximate surface area is 113 Å². The minimum atomic E-state index is -3.25. The maximum atomic E-state index is 12.0. The largest absolute Gasteiger partial charge is 0.432 e. The first kappa shape index (κ1) is 15.3. The molecule has 0 radical (unpaired) electrons. The van der Waals surface area contributed by atoms with Gasteiger partial charge < -0.3 is 0 Å². The molecule has 0 fully saturated rings. The lowest BCUT2D eigenvalue weighted by Gasteiger charge is -2.15. The van der Waals surface area contributed by atoms with Crippen LogP contribution in [0.2, 0.25) is 5.02 Å². The molecule has 0 amide bonds. The van der Waals surface area contributed by atoms with Gasteiger partial charge in [0.25, 0.3) is 0 Å². The second kappa shape index (κ2) is 7.59. The summed E-state index contributed by atoms with van der Waals surface area (Å²) < 4.78 is 22.2. The summed E-state index contributed by atoms with van der Waals surface area (Å²) in [6, 6.07) is 7.35. The molecule has 0 aliphatic carbocycles. The van der Waals surface area contributed by atoms with Crippen LogP contribution in [0.5, 0.6) is 0 Å². The molecule has 4 nitrogen and oxygen atoms in total. The summed E-state index contributed by atoms with van der Waals surface area (Å²) in [5, 5.41) is 3.27. The smallest absolute Gasteiger partial charge is 0.300 e. The molecule has 0 bridgehead atoms. The zero-order valence-electron chi connectivity index (χ0n) is 10.4. The second-order valence-corrected chi connectivity index (χ2v) is 5.49. The molecular formula is C12H17ClNO3P. The molecule has 18 heavy (non-hydrogen) atoms. The summed E-state index contributed by atoms with van der Waals surface area (Å²) in [7, 11) is -3.25. The van der Waals surface area contributed by atoms with Crippen LogP contribution < -0.4 is 5.09 Å². The predicted molar refractivity (Wildman–Crippen MR) is 74.5 cm³/mol. The number of hydrogen-bond acceptors (Lipinski definition) is 3. The van der Waals surface area contributed by atoms with Gasteiger partial charge in [0.15, 0.2) is 0 Å². The third kappa shape index (κ3) is 4.83. The molecule has 0 heterocycles. The van der Waals surface area contributed by atoms with Crippen LogP contribution in [0, 0.1) is 0 Å². The Balaban J connectivity index is 2.68. The van der Waals surface area contributed by atoms with E-state index in [-0.39, 0.29) is 0 Å². The highest BCUT2D eigenvalue weighted by Crippen LogP contribution is 2.43. The maximum absolute atomic E-state index is 12.0. The average molecular weight is 290 g/mol. The van der Waals surface area contributed by atoms with E-state index in [9.17, 15) is 4.57 Å². The van der Waals surface area contributed by atoms with E-state index in [0.29, 0.717) is 18.2 Å². The van der Waals surface area contributed by atoms with Crippen LogP contribution in [0.25, 0.3) is 6.08 Å². The molecule has 6 heteroatoms. The Bertz CT molecular complexity index is 441. The fraction of sp³-hybridized carbons (Fsp3) is 0.333. The Morgan fingerprint density at radius 3 is 2.44 bits per heavy atom. The molecule has 1 rings (SSSR count). The first-order valence-electron chi connectivity index (χ1n) is 5.69. The fourth-order valence-corrected chi connectivity index (χ4v) is 2.64. The van der Waals surface area contributed by atoms with Gasteiger partial charge in [-0.3, -0.25) is 14.1 Å². The van der Waals surface area contributed by atoms with Crippen molar-refractivity contribution in [1.29, 1.82) is 0 Å². The van der Waals surface area contributed by atoms with Crippen LogP contribution in [-0.2, 0) is 13.6 Å². The van der Waals surface area contributed by atoms with Crippen LogP contribution in [0.1, 0.15) is 19.4 Å². The molecule has 0 unspecified atom stereocenters. The molecule has 0 spiro atoms. The Kier molecular flexibility index (Phi) is 6.44. The lowest BCUT2D eigenvalue weighted by atomic mass is 10.2. The highest BCUT2D eigenvalue weighted by molar-refractivity contribution is 7.51. The monoisotopic (exact) mass is 289 g/mol. The van der Waals surface area contributed by atoms with Gasteiger partial charge >= 0.3 is 7.75 Å². The molecule has 0 saturated carbocycles. The Morgan fingerprint density at radius 2 is 1.89 bits per heavy atom. The highest BCUT2D eigenvalue weighted by Gasteiger charge is 2.20. The van der Waals surface area contributed by atoms with E-state index in [1.807, 2.05) is 18.2 Å². The summed E-state index contributed by atoms with van der Waals surface area (Å²) >= 11 is 5.99. The molecule has 0 aliphatic rings. The zero-order valence-corrected chi connectivity index (χ0v) is 12.1. The van der Waals surface area contributed by atoms with Gasteiger partial charge in [0.1, 0.15) is 0 Å². The predicted octanol–water partition coefficient (Wildman–Crippen LogP) is 4.08. The van der Waals surface area contributed by atoms with Crippen LogP contribution >= 0.6 is 19.3 Å². The van der Waals surface area contributed by atoms with Gasteiger partial charge in [-0.2, -0.15) is 0 Å². The normalized spacial score (nSPS) is 11.9. The topological polar surface area (TPSA) is 47.6 Å². The molecular weight excluding hydrogens is 273 g/mol. The van der Waals surface area contributed by atoms with Crippen molar-refractivity contribution in [2.75, 3.05) is 13.2 Å². The van der Waals surface area contributed by atoms with Gasteiger partial charge in [-0.05, 0) is 31.6 Å². The number of benzene rings is 1. The molecule has 0 atom stereocenters. The summed E-state index contributed by atoms with van der Waals surface area (Å²) in [6.07, 6.45) is 3.24. The lowest BCUT2D eigenvalue weighted by molar-refractivity contribution is 0.215. The van der Waals surface area contributed by atoms with E-state index in [2.05, 4.69) is 5.09 Å². The summed E-state index contributed by atoms with van der Waals surface area (Å²) in [6.45, 7) is 4.13. The van der Waals surface area contributed by atoms with Crippen molar-refractivity contribution in [2.24, 2.45) is 0 Å². The van der Waals surface area contributed by atoms with Crippen molar-refractivity contribution < 1.29 is 13.6 Å². The van der Waals surface area contributed by atoms with Crippen LogP contribution in [-0.4, -0.2) is 13.2 Å². The van der Waals surface area contributed by atoms with E-state index in [4.69, 9.17) is 20.6 Å². The number of rotatable bonds is 7. The molecule has 1 N–H and O–H groups in total. The van der Waals surface area contributed by atoms with Gasteiger partial charge in [-0.15, -0.1) is 0 Å². The Morgan fingerprint density at radius 1 is 1.28 bits per heavy atom. The number of halogens is 1. The SMILES string of the molecule is CCOP(=O)(NC=Cc1ccccc1Cl)OCC. The first-order valence-corrected chi connectivity index (χ1v) is 7.61. The fourth-order valence-electron chi connectivity index (χ4n) is 1.28. The second-order valence-electron chi connectivity index (χ2n) is 3.32. The van der Waals surface area contributed by atoms with Gasteiger partial charge in [-0.25, -0.2) is 4.57 Å². The molecule has 1 aromatic rings. The summed E-state index contributed by atoms with van der Waals surface area (Å²) in [5.74, 6) is 0. The van der Waals surface area contributed by atoms with E-state index < -0.39 is 7.75 Å². The minimum Gasteiger partial charge on any atom is -0.300 e. The summed E-state index contributed by atoms with van der Waals surface area (Å²) in [4.78, 5) is 0. The summed E-state index contributed by atoms with van der Waals surface area (Å²) in [5.41, 5.74) is 0.825. The van der Waals surface area contributed by atoms with E-state index >= 15 is 0 Å². The van der Waals surface area contributed by atoms with Crippen LogP contribution in [0.3, 0.4) is 0 Å². The van der Waals surface area contributed by atoms with Gasteiger partial charge in [0.2, 0.25) is 0 Å². The maximum Gasteiger partial charge on any atom is 0.432 e. The Hall–Kier alpha value is -0.800. The molecule has 0 aromatic heterocycles. The van der Waals surface area contributed by atoms with Crippen molar-refractivity contribution in [3.63, 3.8) is 0 Å². The quantitative estimate of drug-likeness (QED) is 0.768. The van der Waals surface area contributed by atoms with Gasteiger partial charge in [0.05, 0.1) is 13.2 Å². The van der Waals surface area contributed by atoms with Crippen molar-refractivity contribution in [3.8, 4) is 0 Å². The molecule has 0 aliphatic heterocycles. The van der Waals surface area contributed by atoms with E-state index in [0.717, 1.165) is 5.56 Å². The minimum absolute atomic E-state index is 0.310. The van der Waals surface area contributed by atoms with Gasteiger partial charge in [0, 0.05) is 11.2 Å². The lowest BCUT2D eigenvalue weighted by Crippen LogP contribution is -2.08. The van der Waals surface area contributed by atoms with Crippen molar-refractivity contribution in [1.82, 2.24) is 5.09 Å². The van der Waals surface area contributed by atoms with Gasteiger partial charge in [-0.1, -0.05) is 29.8 Å². The standard InChI is InChI=1S/C12H17ClNO3P/c1-3-16-18(15,17-4-2)14-10-9-11-7-5-6-8-12(11)13/h5-10H,3-4H2,1-2H3,(H,14,15). The average Bonchev–Trinajstić information content (AvgIpc) is 2.32. The van der Waals surface area contributed by atoms with E-state index in [1.54, 1.807) is 26.0 Å². The number of nitrogens with one attached hydrogen (secondary N) is 1. The molecule has 1 aromatic carbocycles. The number of hydrogen-bond donors (Lipinski definition) is 1. The van der Waals surface area contributed by atoms with Crippen molar-refractivity contribution in [3.05, 3.63) is 41.1 Å². The third-order valence-corrected chi connectivity index (χ3v) is 4.00. The first-order chi connectivity index (χ1) is 8.61.